The van der Waals surface area contributed by atoms with Gasteiger partial charge in [0.25, 0.3) is 0 Å². The number of aliphatic hydroxyl groups excluding tert-OH is 2. The van der Waals surface area contributed by atoms with Gasteiger partial charge in [-0.2, -0.15) is 5.10 Å². The number of ether oxygens (including phenoxy) is 1. The number of fused-ring (bicyclic) bond motifs is 1. The average molecular weight is 351 g/mol. The van der Waals surface area contributed by atoms with E-state index in [1.807, 2.05) is 6.26 Å². The van der Waals surface area contributed by atoms with Crippen molar-refractivity contribution < 1.29 is 14.9 Å². The summed E-state index contributed by atoms with van der Waals surface area (Å²) in [6.45, 7) is 0.259. The summed E-state index contributed by atoms with van der Waals surface area (Å²) in [7, 11) is 0. The molecule has 0 aliphatic heterocycles. The van der Waals surface area contributed by atoms with Crippen molar-refractivity contribution in [3.05, 3.63) is 24.4 Å². The minimum Gasteiger partial charge on any atom is -0.394 e. The van der Waals surface area contributed by atoms with Gasteiger partial charge in [0.1, 0.15) is 29.9 Å². The second-order valence-corrected chi connectivity index (χ2v) is 5.80. The topological polar surface area (TPSA) is 124 Å². The predicted molar refractivity (Wildman–Crippen MR) is 85.3 cm³/mol. The molecule has 0 saturated carbocycles. The second kappa shape index (κ2) is 7.66. The Morgan fingerprint density at radius 1 is 1.38 bits per heavy atom. The SMILES string of the molecule is CSc1ncnc2c1cnn2Cc1cn(COCC(O)CO)nn1. The van der Waals surface area contributed by atoms with Gasteiger partial charge in [-0.1, -0.05) is 5.21 Å². The maximum Gasteiger partial charge on any atom is 0.162 e. The maximum atomic E-state index is 9.21. The van der Waals surface area contributed by atoms with Crippen LogP contribution in [-0.4, -0.2) is 70.5 Å². The Hall–Kier alpha value is -2.08. The van der Waals surface area contributed by atoms with Crippen LogP contribution < -0.4 is 0 Å². The van der Waals surface area contributed by atoms with E-state index in [1.165, 1.54) is 11.0 Å². The summed E-state index contributed by atoms with van der Waals surface area (Å²) in [6, 6.07) is 0. The molecule has 0 aliphatic rings. The molecule has 3 rings (SSSR count). The first-order valence-electron chi connectivity index (χ1n) is 7.17. The molecule has 3 aromatic rings. The van der Waals surface area contributed by atoms with Crippen LogP contribution in [0.25, 0.3) is 11.0 Å². The summed E-state index contributed by atoms with van der Waals surface area (Å²) in [6.07, 6.45) is 6.05. The van der Waals surface area contributed by atoms with Crippen LogP contribution in [0.3, 0.4) is 0 Å². The molecule has 10 nitrogen and oxygen atoms in total. The van der Waals surface area contributed by atoms with Crippen LogP contribution in [0.5, 0.6) is 0 Å². The average Bonchev–Trinajstić information content (AvgIpc) is 3.22. The van der Waals surface area contributed by atoms with Crippen molar-refractivity contribution in [3.63, 3.8) is 0 Å². The lowest BCUT2D eigenvalue weighted by atomic mass is 10.4. The summed E-state index contributed by atoms with van der Waals surface area (Å²) in [4.78, 5) is 8.49. The highest BCUT2D eigenvalue weighted by molar-refractivity contribution is 7.98. The lowest BCUT2D eigenvalue weighted by Gasteiger charge is -2.07. The van der Waals surface area contributed by atoms with Gasteiger partial charge in [0.2, 0.25) is 0 Å². The van der Waals surface area contributed by atoms with Crippen molar-refractivity contribution in [1.82, 2.24) is 34.7 Å². The molecule has 0 amide bonds. The molecule has 0 aliphatic carbocycles. The Morgan fingerprint density at radius 2 is 2.25 bits per heavy atom. The lowest BCUT2D eigenvalue weighted by molar-refractivity contribution is -0.0209. The van der Waals surface area contributed by atoms with Crippen molar-refractivity contribution in [3.8, 4) is 0 Å². The molecule has 3 aromatic heterocycles. The number of hydrogen-bond acceptors (Lipinski definition) is 9. The highest BCUT2D eigenvalue weighted by Crippen LogP contribution is 2.22. The van der Waals surface area contributed by atoms with Crippen molar-refractivity contribution in [1.29, 1.82) is 0 Å². The van der Waals surface area contributed by atoms with E-state index in [0.29, 0.717) is 12.2 Å². The lowest BCUT2D eigenvalue weighted by Crippen LogP contribution is -2.20. The van der Waals surface area contributed by atoms with E-state index >= 15 is 0 Å². The first kappa shape index (κ1) is 16.8. The zero-order chi connectivity index (χ0) is 16.9. The van der Waals surface area contributed by atoms with Gasteiger partial charge in [0.15, 0.2) is 5.65 Å². The zero-order valence-corrected chi connectivity index (χ0v) is 13.8. The summed E-state index contributed by atoms with van der Waals surface area (Å²) in [5.74, 6) is 0. The third-order valence-corrected chi connectivity index (χ3v) is 3.94. The quantitative estimate of drug-likeness (QED) is 0.409. The van der Waals surface area contributed by atoms with Crippen molar-refractivity contribution in [2.24, 2.45) is 0 Å². The monoisotopic (exact) mass is 351 g/mol. The fraction of sp³-hybridized carbons (Fsp3) is 0.462. The third kappa shape index (κ3) is 3.70. The van der Waals surface area contributed by atoms with E-state index in [2.05, 4.69) is 25.4 Å². The summed E-state index contributed by atoms with van der Waals surface area (Å²) >= 11 is 1.54. The first-order chi connectivity index (χ1) is 11.7. The molecular formula is C13H17N7O3S. The minimum atomic E-state index is -0.895. The number of hydrogen-bond donors (Lipinski definition) is 2. The van der Waals surface area contributed by atoms with Crippen LogP contribution in [0.1, 0.15) is 5.69 Å². The normalized spacial score (nSPS) is 12.8. The van der Waals surface area contributed by atoms with Crippen LogP contribution in [-0.2, 0) is 18.0 Å². The van der Waals surface area contributed by atoms with Gasteiger partial charge in [0.05, 0.1) is 37.5 Å². The van der Waals surface area contributed by atoms with Gasteiger partial charge in [-0.25, -0.2) is 19.3 Å². The van der Waals surface area contributed by atoms with E-state index < -0.39 is 6.10 Å². The summed E-state index contributed by atoms with van der Waals surface area (Å²) in [5, 5.41) is 32.1. The highest BCUT2D eigenvalue weighted by Gasteiger charge is 2.11. The number of nitrogens with zero attached hydrogens (tertiary/aromatic N) is 7. The molecule has 11 heteroatoms. The third-order valence-electron chi connectivity index (χ3n) is 3.23. The summed E-state index contributed by atoms with van der Waals surface area (Å²) in [5.41, 5.74) is 1.45. The fourth-order valence-electron chi connectivity index (χ4n) is 2.11. The molecule has 0 spiro atoms. The Kier molecular flexibility index (Phi) is 5.35. The second-order valence-electron chi connectivity index (χ2n) is 5.01. The minimum absolute atomic E-state index is 0.0316. The van der Waals surface area contributed by atoms with E-state index in [4.69, 9.17) is 9.84 Å². The Morgan fingerprint density at radius 3 is 3.04 bits per heavy atom. The van der Waals surface area contributed by atoms with Crippen LogP contribution in [0.2, 0.25) is 0 Å². The van der Waals surface area contributed by atoms with Crippen LogP contribution in [0.15, 0.2) is 23.7 Å². The zero-order valence-electron chi connectivity index (χ0n) is 13.0. The van der Waals surface area contributed by atoms with Gasteiger partial charge < -0.3 is 14.9 Å². The molecule has 0 radical (unpaired) electrons. The molecule has 1 atom stereocenters. The Balaban J connectivity index is 1.67. The number of aromatic nitrogens is 7. The molecule has 0 saturated heterocycles. The van der Waals surface area contributed by atoms with E-state index in [-0.39, 0.29) is 19.9 Å². The molecule has 128 valence electrons. The number of rotatable bonds is 8. The Bertz CT molecular complexity index is 806. The molecule has 0 aromatic carbocycles. The van der Waals surface area contributed by atoms with E-state index in [9.17, 15) is 5.11 Å². The number of thioether (sulfide) groups is 1. The van der Waals surface area contributed by atoms with Crippen LogP contribution in [0, 0.1) is 0 Å². The van der Waals surface area contributed by atoms with Crippen molar-refractivity contribution in [2.75, 3.05) is 19.5 Å². The van der Waals surface area contributed by atoms with E-state index in [1.54, 1.807) is 28.8 Å². The summed E-state index contributed by atoms with van der Waals surface area (Å²) < 4.78 is 8.47. The van der Waals surface area contributed by atoms with Gasteiger partial charge >= 0.3 is 0 Å². The van der Waals surface area contributed by atoms with Crippen molar-refractivity contribution >= 4 is 22.8 Å². The Labute approximate surface area is 141 Å². The largest absolute Gasteiger partial charge is 0.394 e. The molecular weight excluding hydrogens is 334 g/mol. The van der Waals surface area contributed by atoms with Gasteiger partial charge in [-0.05, 0) is 6.26 Å². The number of aliphatic hydroxyl groups is 2. The van der Waals surface area contributed by atoms with Crippen LogP contribution >= 0.6 is 11.8 Å². The predicted octanol–water partition coefficient (Wildman–Crippen LogP) is -0.485. The van der Waals surface area contributed by atoms with Gasteiger partial charge in [0, 0.05) is 0 Å². The first-order valence-corrected chi connectivity index (χ1v) is 8.40. The highest BCUT2D eigenvalue weighted by atomic mass is 32.2. The van der Waals surface area contributed by atoms with Gasteiger partial charge in [-0.3, -0.25) is 0 Å². The molecule has 24 heavy (non-hydrogen) atoms. The maximum absolute atomic E-state index is 9.21. The molecule has 2 N–H and O–H groups in total. The van der Waals surface area contributed by atoms with Crippen molar-refractivity contribution in [2.45, 2.75) is 24.4 Å². The standard InChI is InChI=1S/C13H17N7O3S/c1-24-13-11-2-16-20(12(11)14-7-15-13)4-9-3-19(18-17-9)8-23-6-10(22)5-21/h2-3,7,10,21-22H,4-6,8H2,1H3. The molecule has 0 fully saturated rings. The fourth-order valence-corrected chi connectivity index (χ4v) is 2.63. The molecule has 1 unspecified atom stereocenters. The van der Waals surface area contributed by atoms with Gasteiger partial charge in [-0.15, -0.1) is 16.9 Å². The van der Waals surface area contributed by atoms with Crippen LogP contribution in [0.4, 0.5) is 0 Å². The molecule has 3 heterocycles. The molecule has 0 bridgehead atoms. The van der Waals surface area contributed by atoms with E-state index in [0.717, 1.165) is 16.1 Å². The smallest absolute Gasteiger partial charge is 0.162 e.